The van der Waals surface area contributed by atoms with Crippen molar-refractivity contribution in [2.75, 3.05) is 6.61 Å². The molecule has 0 bridgehead atoms. The molecule has 11 atom stereocenters. The van der Waals surface area contributed by atoms with E-state index in [2.05, 4.69) is 0 Å². The predicted molar refractivity (Wildman–Crippen MR) is 133 cm³/mol. The van der Waals surface area contributed by atoms with Gasteiger partial charge < -0.3 is 48.5 Å². The van der Waals surface area contributed by atoms with Crippen LogP contribution in [0.2, 0.25) is 0 Å². The van der Waals surface area contributed by atoms with Crippen molar-refractivity contribution in [2.45, 2.75) is 88.2 Å². The second kappa shape index (κ2) is 12.4. The van der Waals surface area contributed by atoms with E-state index in [-0.39, 0.29) is 13.2 Å². The third-order valence-corrected chi connectivity index (χ3v) is 7.01. The van der Waals surface area contributed by atoms with Crippen molar-refractivity contribution in [1.82, 2.24) is 0 Å². The number of carbonyl (C=O) groups excluding carboxylic acids is 1. The number of hydrogen-bond acceptors (Lipinski definition) is 11. The van der Waals surface area contributed by atoms with E-state index >= 15 is 0 Å². The number of benzene rings is 2. The van der Waals surface area contributed by atoms with Gasteiger partial charge in [0.05, 0.1) is 19.3 Å². The van der Waals surface area contributed by atoms with Gasteiger partial charge in [0.25, 0.3) is 0 Å². The summed E-state index contributed by atoms with van der Waals surface area (Å²) in [5, 5.41) is 31.2. The lowest BCUT2D eigenvalue weighted by atomic mass is 9.96. The van der Waals surface area contributed by atoms with Crippen LogP contribution in [0.4, 0.5) is 0 Å². The lowest BCUT2D eigenvalue weighted by Crippen LogP contribution is -2.66. The molecule has 0 aliphatic carbocycles. The molecule has 3 fully saturated rings. The molecule has 0 spiro atoms. The van der Waals surface area contributed by atoms with Gasteiger partial charge in [-0.2, -0.15) is 0 Å². The van der Waals surface area contributed by atoms with Gasteiger partial charge in [-0.05, 0) is 12.5 Å². The number of aliphatic hydroxyl groups is 3. The van der Waals surface area contributed by atoms with Gasteiger partial charge >= 0.3 is 5.97 Å². The maximum atomic E-state index is 12.2. The number of hydrogen-bond donors (Lipinski definition) is 3. The Morgan fingerprint density at radius 2 is 1.56 bits per heavy atom. The summed E-state index contributed by atoms with van der Waals surface area (Å²) >= 11 is 0. The van der Waals surface area contributed by atoms with E-state index < -0.39 is 73.7 Å². The van der Waals surface area contributed by atoms with Gasteiger partial charge in [-0.1, -0.05) is 60.7 Å². The smallest absolute Gasteiger partial charge is 0.303 e. The van der Waals surface area contributed by atoms with Gasteiger partial charge in [0.2, 0.25) is 0 Å². The molecular formula is C28H34O11. The van der Waals surface area contributed by atoms with E-state index in [0.717, 1.165) is 11.1 Å². The molecule has 3 aliphatic heterocycles. The van der Waals surface area contributed by atoms with Crippen LogP contribution < -0.4 is 0 Å². The van der Waals surface area contributed by atoms with Crippen molar-refractivity contribution >= 4 is 5.97 Å². The van der Waals surface area contributed by atoms with E-state index in [1.165, 1.54) is 6.92 Å². The third kappa shape index (κ3) is 6.32. The molecule has 3 heterocycles. The first-order valence-corrected chi connectivity index (χ1v) is 13.0. The van der Waals surface area contributed by atoms with Crippen LogP contribution in [0.15, 0.2) is 60.7 Å². The maximum Gasteiger partial charge on any atom is 0.303 e. The summed E-state index contributed by atoms with van der Waals surface area (Å²) in [5.74, 6) is -0.607. The second-order valence-corrected chi connectivity index (χ2v) is 9.87. The van der Waals surface area contributed by atoms with Crippen LogP contribution in [0, 0.1) is 0 Å². The SMILES string of the molecule is CC(=O)O[C@@H]1[C@@H](OCc2ccccc2)O[C@H]2CO[C@@H](c3ccccc3)O[C@H]2[C@H]1O[C@@H]1O[C@H](C)[C@@H](O)[C@H](O)[C@@H]1O. The number of aliphatic hydroxyl groups excluding tert-OH is 3. The summed E-state index contributed by atoms with van der Waals surface area (Å²) < 4.78 is 42.1. The molecule has 11 nitrogen and oxygen atoms in total. The first-order valence-electron chi connectivity index (χ1n) is 13.0. The highest BCUT2D eigenvalue weighted by molar-refractivity contribution is 5.66. The monoisotopic (exact) mass is 546 g/mol. The zero-order chi connectivity index (χ0) is 27.5. The van der Waals surface area contributed by atoms with Crippen molar-refractivity contribution in [3.05, 3.63) is 71.8 Å². The molecule has 212 valence electrons. The van der Waals surface area contributed by atoms with Crippen LogP contribution >= 0.6 is 0 Å². The highest BCUT2D eigenvalue weighted by Crippen LogP contribution is 2.38. The van der Waals surface area contributed by atoms with Gasteiger partial charge in [-0.3, -0.25) is 4.79 Å². The highest BCUT2D eigenvalue weighted by Gasteiger charge is 2.55. The van der Waals surface area contributed by atoms with Crippen molar-refractivity contribution in [2.24, 2.45) is 0 Å². The number of esters is 1. The number of fused-ring (bicyclic) bond motifs is 1. The average Bonchev–Trinajstić information content (AvgIpc) is 2.95. The summed E-state index contributed by atoms with van der Waals surface area (Å²) in [6, 6.07) is 18.7. The Hall–Kier alpha value is -2.45. The molecule has 5 rings (SSSR count). The van der Waals surface area contributed by atoms with Crippen LogP contribution in [0.1, 0.15) is 31.3 Å². The highest BCUT2D eigenvalue weighted by atomic mass is 16.8. The number of carbonyl (C=O) groups is 1. The van der Waals surface area contributed by atoms with Crippen molar-refractivity contribution in [1.29, 1.82) is 0 Å². The fourth-order valence-electron chi connectivity index (χ4n) is 4.97. The Morgan fingerprint density at radius 1 is 0.872 bits per heavy atom. The molecule has 3 N–H and O–H groups in total. The van der Waals surface area contributed by atoms with Crippen LogP contribution in [0.5, 0.6) is 0 Å². The zero-order valence-electron chi connectivity index (χ0n) is 21.6. The molecule has 39 heavy (non-hydrogen) atoms. The van der Waals surface area contributed by atoms with E-state index in [1.54, 1.807) is 6.92 Å². The normalized spacial score (nSPS) is 38.5. The lowest BCUT2D eigenvalue weighted by Gasteiger charge is -2.50. The van der Waals surface area contributed by atoms with E-state index in [9.17, 15) is 20.1 Å². The Morgan fingerprint density at radius 3 is 2.26 bits per heavy atom. The van der Waals surface area contributed by atoms with Gasteiger partial charge in [0, 0.05) is 12.5 Å². The third-order valence-electron chi connectivity index (χ3n) is 7.01. The van der Waals surface area contributed by atoms with E-state index in [0.29, 0.717) is 0 Å². The Balaban J connectivity index is 1.43. The summed E-state index contributed by atoms with van der Waals surface area (Å²) in [4.78, 5) is 12.2. The topological polar surface area (TPSA) is 142 Å². The van der Waals surface area contributed by atoms with E-state index in [1.807, 2.05) is 60.7 Å². The lowest BCUT2D eigenvalue weighted by molar-refractivity contribution is -0.392. The Kier molecular flexibility index (Phi) is 8.92. The maximum absolute atomic E-state index is 12.2. The molecule has 2 aromatic carbocycles. The number of ether oxygens (including phenoxy) is 7. The molecule has 0 aromatic heterocycles. The predicted octanol–water partition coefficient (Wildman–Crippen LogP) is 1.19. The Labute approximate surface area is 226 Å². The Bertz CT molecular complexity index is 1070. The average molecular weight is 547 g/mol. The molecule has 0 unspecified atom stereocenters. The first-order chi connectivity index (χ1) is 18.8. The van der Waals surface area contributed by atoms with Gasteiger partial charge in [-0.25, -0.2) is 0 Å². The fourth-order valence-corrected chi connectivity index (χ4v) is 4.97. The summed E-state index contributed by atoms with van der Waals surface area (Å²) in [5.41, 5.74) is 1.64. The van der Waals surface area contributed by atoms with E-state index in [4.69, 9.17) is 33.2 Å². The minimum absolute atomic E-state index is 0.119. The molecule has 0 amide bonds. The molecular weight excluding hydrogens is 512 g/mol. The van der Waals surface area contributed by atoms with Crippen LogP contribution in [-0.4, -0.2) is 89.3 Å². The summed E-state index contributed by atoms with van der Waals surface area (Å²) in [7, 11) is 0. The summed E-state index contributed by atoms with van der Waals surface area (Å²) in [6.07, 6.45) is -12.1. The van der Waals surface area contributed by atoms with Crippen molar-refractivity contribution < 1.29 is 53.3 Å². The second-order valence-electron chi connectivity index (χ2n) is 9.87. The standard InChI is InChI=1S/C28H34O11/c1-15-20(30)21(31)22(32)27(35-15)39-24-23-19(14-34-26(38-23)18-11-7-4-8-12-18)37-28(25(24)36-16(2)29)33-13-17-9-5-3-6-10-17/h3-12,15,19-28,30-32H,13-14H2,1-2H3/t15-,19+,20-,21+,22+,23-,24-,25+,26-,27+,28+/m1/s1. The molecule has 11 heteroatoms. The van der Waals surface area contributed by atoms with Crippen molar-refractivity contribution in [3.63, 3.8) is 0 Å². The molecule has 3 saturated heterocycles. The molecule has 0 saturated carbocycles. The van der Waals surface area contributed by atoms with Crippen LogP contribution in [0.3, 0.4) is 0 Å². The van der Waals surface area contributed by atoms with Gasteiger partial charge in [0.15, 0.2) is 25.0 Å². The summed E-state index contributed by atoms with van der Waals surface area (Å²) in [6.45, 7) is 3.08. The van der Waals surface area contributed by atoms with Gasteiger partial charge in [-0.15, -0.1) is 0 Å². The zero-order valence-corrected chi connectivity index (χ0v) is 21.6. The largest absolute Gasteiger partial charge is 0.454 e. The number of rotatable bonds is 7. The molecule has 0 radical (unpaired) electrons. The van der Waals surface area contributed by atoms with Crippen LogP contribution in [0.25, 0.3) is 0 Å². The fraction of sp³-hybridized carbons (Fsp3) is 0.536. The first kappa shape index (κ1) is 28.1. The van der Waals surface area contributed by atoms with Crippen molar-refractivity contribution in [3.8, 4) is 0 Å². The quantitative estimate of drug-likeness (QED) is 0.431. The van der Waals surface area contributed by atoms with Crippen LogP contribution in [-0.2, 0) is 44.6 Å². The van der Waals surface area contributed by atoms with Gasteiger partial charge in [0.1, 0.15) is 36.6 Å². The minimum Gasteiger partial charge on any atom is -0.454 e. The minimum atomic E-state index is -1.58. The molecule has 3 aliphatic rings. The molecule has 2 aromatic rings.